The third-order valence-electron chi connectivity index (χ3n) is 3.05. The van der Waals surface area contributed by atoms with E-state index in [4.69, 9.17) is 4.42 Å². The summed E-state index contributed by atoms with van der Waals surface area (Å²) < 4.78 is 7.26. The standard InChI is InChI=1S/C14H21N3O/c1-10(2)14-12(9-17(4)16-14)8-15-11(3)13-6-5-7-18-13/h5-7,9-11,15H,8H2,1-4H3/t11-/m1/s1. The molecule has 0 fully saturated rings. The first-order valence-electron chi connectivity index (χ1n) is 6.37. The predicted molar refractivity (Wildman–Crippen MR) is 71.3 cm³/mol. The van der Waals surface area contributed by atoms with Crippen LogP contribution in [-0.2, 0) is 13.6 Å². The maximum atomic E-state index is 5.38. The number of furan rings is 1. The summed E-state index contributed by atoms with van der Waals surface area (Å²) in [6.45, 7) is 7.25. The zero-order valence-electron chi connectivity index (χ0n) is 11.5. The second-order valence-electron chi connectivity index (χ2n) is 4.99. The number of aryl methyl sites for hydroxylation is 1. The molecule has 0 bridgehead atoms. The van der Waals surface area contributed by atoms with E-state index in [0.717, 1.165) is 18.0 Å². The van der Waals surface area contributed by atoms with Gasteiger partial charge in [0.25, 0.3) is 0 Å². The zero-order chi connectivity index (χ0) is 13.1. The van der Waals surface area contributed by atoms with Crippen LogP contribution < -0.4 is 5.32 Å². The van der Waals surface area contributed by atoms with E-state index in [1.807, 2.05) is 23.9 Å². The van der Waals surface area contributed by atoms with Crippen molar-refractivity contribution < 1.29 is 4.42 Å². The van der Waals surface area contributed by atoms with Gasteiger partial charge in [-0.05, 0) is 25.0 Å². The van der Waals surface area contributed by atoms with Crippen LogP contribution in [0.3, 0.4) is 0 Å². The Morgan fingerprint density at radius 3 is 2.78 bits per heavy atom. The SMILES string of the molecule is CC(C)c1nn(C)cc1CN[C@H](C)c1ccco1. The lowest BCUT2D eigenvalue weighted by atomic mass is 10.1. The van der Waals surface area contributed by atoms with E-state index in [0.29, 0.717) is 5.92 Å². The molecule has 4 nitrogen and oxygen atoms in total. The molecule has 2 rings (SSSR count). The summed E-state index contributed by atoms with van der Waals surface area (Å²) in [5.41, 5.74) is 2.42. The molecule has 18 heavy (non-hydrogen) atoms. The van der Waals surface area contributed by atoms with Gasteiger partial charge < -0.3 is 9.73 Å². The first-order valence-corrected chi connectivity index (χ1v) is 6.37. The second-order valence-corrected chi connectivity index (χ2v) is 4.99. The van der Waals surface area contributed by atoms with E-state index < -0.39 is 0 Å². The Kier molecular flexibility index (Phi) is 3.87. The normalized spacial score (nSPS) is 13.2. The fourth-order valence-corrected chi connectivity index (χ4v) is 2.08. The third kappa shape index (κ3) is 2.82. The van der Waals surface area contributed by atoms with Crippen molar-refractivity contribution in [1.82, 2.24) is 15.1 Å². The third-order valence-corrected chi connectivity index (χ3v) is 3.05. The first kappa shape index (κ1) is 12.9. The topological polar surface area (TPSA) is 43.0 Å². The van der Waals surface area contributed by atoms with Gasteiger partial charge >= 0.3 is 0 Å². The van der Waals surface area contributed by atoms with Crippen molar-refractivity contribution in [3.63, 3.8) is 0 Å². The van der Waals surface area contributed by atoms with Gasteiger partial charge in [-0.25, -0.2) is 0 Å². The molecule has 0 saturated carbocycles. The molecule has 0 amide bonds. The Hall–Kier alpha value is -1.55. The minimum Gasteiger partial charge on any atom is -0.468 e. The van der Waals surface area contributed by atoms with Gasteiger partial charge in [0.1, 0.15) is 5.76 Å². The van der Waals surface area contributed by atoms with E-state index in [9.17, 15) is 0 Å². The molecule has 0 aromatic carbocycles. The maximum absolute atomic E-state index is 5.38. The van der Waals surface area contributed by atoms with Gasteiger partial charge in [-0.3, -0.25) is 4.68 Å². The van der Waals surface area contributed by atoms with Crippen LogP contribution in [0.4, 0.5) is 0 Å². The average molecular weight is 247 g/mol. The molecular weight excluding hydrogens is 226 g/mol. The number of aromatic nitrogens is 2. The van der Waals surface area contributed by atoms with Gasteiger partial charge in [0.2, 0.25) is 0 Å². The number of hydrogen-bond donors (Lipinski definition) is 1. The van der Waals surface area contributed by atoms with Gasteiger partial charge in [0, 0.05) is 25.4 Å². The van der Waals surface area contributed by atoms with Crippen molar-refractivity contribution in [2.45, 2.75) is 39.3 Å². The van der Waals surface area contributed by atoms with Crippen LogP contribution in [0.5, 0.6) is 0 Å². The smallest absolute Gasteiger partial charge is 0.120 e. The van der Waals surface area contributed by atoms with Crippen LogP contribution in [-0.4, -0.2) is 9.78 Å². The van der Waals surface area contributed by atoms with Gasteiger partial charge in [0.15, 0.2) is 0 Å². The molecular formula is C14H21N3O. The largest absolute Gasteiger partial charge is 0.468 e. The van der Waals surface area contributed by atoms with E-state index in [1.165, 1.54) is 5.56 Å². The zero-order valence-corrected chi connectivity index (χ0v) is 11.5. The highest BCUT2D eigenvalue weighted by Gasteiger charge is 2.13. The second kappa shape index (κ2) is 5.40. The van der Waals surface area contributed by atoms with Crippen LogP contribution in [0.2, 0.25) is 0 Å². The number of hydrogen-bond acceptors (Lipinski definition) is 3. The van der Waals surface area contributed by atoms with Crippen molar-refractivity contribution in [3.8, 4) is 0 Å². The Morgan fingerprint density at radius 2 is 2.17 bits per heavy atom. The molecule has 0 aliphatic rings. The first-order chi connectivity index (χ1) is 8.58. The predicted octanol–water partition coefficient (Wildman–Crippen LogP) is 2.99. The fourth-order valence-electron chi connectivity index (χ4n) is 2.08. The Morgan fingerprint density at radius 1 is 1.39 bits per heavy atom. The number of rotatable bonds is 5. The van der Waals surface area contributed by atoms with Crippen molar-refractivity contribution in [1.29, 1.82) is 0 Å². The lowest BCUT2D eigenvalue weighted by Gasteiger charge is -2.11. The Labute approximate surface area is 108 Å². The molecule has 0 aliphatic carbocycles. The van der Waals surface area contributed by atoms with Crippen LogP contribution in [0.1, 0.15) is 49.7 Å². The van der Waals surface area contributed by atoms with E-state index >= 15 is 0 Å². The van der Waals surface area contributed by atoms with Crippen LogP contribution >= 0.6 is 0 Å². The molecule has 0 aliphatic heterocycles. The lowest BCUT2D eigenvalue weighted by molar-refractivity contribution is 0.429. The summed E-state index contributed by atoms with van der Waals surface area (Å²) in [4.78, 5) is 0. The average Bonchev–Trinajstić information content (AvgIpc) is 2.94. The van der Waals surface area contributed by atoms with E-state index in [1.54, 1.807) is 6.26 Å². The highest BCUT2D eigenvalue weighted by molar-refractivity contribution is 5.20. The van der Waals surface area contributed by atoms with E-state index in [-0.39, 0.29) is 6.04 Å². The van der Waals surface area contributed by atoms with Gasteiger partial charge in [-0.15, -0.1) is 0 Å². The molecule has 98 valence electrons. The van der Waals surface area contributed by atoms with Crippen LogP contribution in [0.25, 0.3) is 0 Å². The van der Waals surface area contributed by atoms with Crippen LogP contribution in [0.15, 0.2) is 29.0 Å². The highest BCUT2D eigenvalue weighted by Crippen LogP contribution is 2.19. The Balaban J connectivity index is 2.02. The summed E-state index contributed by atoms with van der Waals surface area (Å²) in [6.07, 6.45) is 3.79. The van der Waals surface area contributed by atoms with Crippen molar-refractivity contribution in [3.05, 3.63) is 41.6 Å². The number of nitrogens with zero attached hydrogens (tertiary/aromatic N) is 2. The quantitative estimate of drug-likeness (QED) is 0.883. The molecule has 0 unspecified atom stereocenters. The van der Waals surface area contributed by atoms with Crippen molar-refractivity contribution >= 4 is 0 Å². The molecule has 4 heteroatoms. The van der Waals surface area contributed by atoms with Crippen molar-refractivity contribution in [2.75, 3.05) is 0 Å². The van der Waals surface area contributed by atoms with E-state index in [2.05, 4.69) is 37.4 Å². The summed E-state index contributed by atoms with van der Waals surface area (Å²) in [5.74, 6) is 1.41. The van der Waals surface area contributed by atoms with Gasteiger partial charge in [-0.1, -0.05) is 13.8 Å². The molecule has 2 heterocycles. The molecule has 0 radical (unpaired) electrons. The van der Waals surface area contributed by atoms with Gasteiger partial charge in [0.05, 0.1) is 18.0 Å². The summed E-state index contributed by atoms with van der Waals surface area (Å²) >= 11 is 0. The summed E-state index contributed by atoms with van der Waals surface area (Å²) in [7, 11) is 1.96. The maximum Gasteiger partial charge on any atom is 0.120 e. The monoisotopic (exact) mass is 247 g/mol. The molecule has 1 N–H and O–H groups in total. The minimum absolute atomic E-state index is 0.209. The van der Waals surface area contributed by atoms with Crippen LogP contribution in [0, 0.1) is 0 Å². The summed E-state index contributed by atoms with van der Waals surface area (Å²) in [6, 6.07) is 4.11. The lowest BCUT2D eigenvalue weighted by Crippen LogP contribution is -2.18. The highest BCUT2D eigenvalue weighted by atomic mass is 16.3. The molecule has 2 aromatic rings. The fraction of sp³-hybridized carbons (Fsp3) is 0.500. The summed E-state index contributed by atoms with van der Waals surface area (Å²) in [5, 5.41) is 7.97. The molecule has 2 aromatic heterocycles. The van der Waals surface area contributed by atoms with Crippen molar-refractivity contribution in [2.24, 2.45) is 7.05 Å². The van der Waals surface area contributed by atoms with Gasteiger partial charge in [-0.2, -0.15) is 5.10 Å². The molecule has 0 spiro atoms. The number of nitrogens with one attached hydrogen (secondary N) is 1. The minimum atomic E-state index is 0.209. The molecule has 1 atom stereocenters. The molecule has 0 saturated heterocycles. The Bertz CT molecular complexity index is 485.